The van der Waals surface area contributed by atoms with Crippen LogP contribution in [0, 0.1) is 0 Å². The molecule has 0 bridgehead atoms. The summed E-state index contributed by atoms with van der Waals surface area (Å²) in [7, 11) is 0. The maximum Gasteiger partial charge on any atom is -0.00990 e. The van der Waals surface area contributed by atoms with Crippen LogP contribution in [0.25, 0.3) is 16.7 Å². The molecule has 0 aromatic heterocycles. The smallest absolute Gasteiger partial charge is 0.00990 e. The van der Waals surface area contributed by atoms with Gasteiger partial charge in [0.15, 0.2) is 0 Å². The fourth-order valence-corrected chi connectivity index (χ4v) is 2.56. The number of benzene rings is 2. The highest BCUT2D eigenvalue weighted by atomic mass is 14.3. The van der Waals surface area contributed by atoms with E-state index in [-0.39, 0.29) is 7.43 Å². The first kappa shape index (κ1) is 31.9. The molecule has 0 fully saturated rings. The van der Waals surface area contributed by atoms with Gasteiger partial charge in [-0.3, -0.25) is 0 Å². The third-order valence-corrected chi connectivity index (χ3v) is 4.18. The molecule has 0 amide bonds. The van der Waals surface area contributed by atoms with Crippen LogP contribution in [0.5, 0.6) is 0 Å². The van der Waals surface area contributed by atoms with Crippen molar-refractivity contribution >= 4 is 5.57 Å². The SMILES string of the molecule is C.CC.CC.CC(C)=C1c2ccccc2-c2ccccc21.CCCC.CCCC. The molecule has 0 nitrogen and oxygen atoms in total. The lowest BCUT2D eigenvalue weighted by atomic mass is 10.00. The third-order valence-electron chi connectivity index (χ3n) is 4.18. The zero-order chi connectivity index (χ0) is 21.9. The van der Waals surface area contributed by atoms with Crippen LogP contribution in [0.1, 0.15) is 113 Å². The summed E-state index contributed by atoms with van der Waals surface area (Å²) in [6.45, 7) is 21.1. The number of hydrogen-bond donors (Lipinski definition) is 0. The molecule has 0 heterocycles. The Hall–Kier alpha value is -1.82. The Labute approximate surface area is 184 Å². The number of fused-ring (bicyclic) bond motifs is 3. The zero-order valence-corrected chi connectivity index (χ0v) is 20.4. The van der Waals surface area contributed by atoms with E-state index in [1.807, 2.05) is 27.7 Å². The van der Waals surface area contributed by atoms with Gasteiger partial charge in [-0.25, -0.2) is 0 Å². The summed E-state index contributed by atoms with van der Waals surface area (Å²) in [5.41, 5.74) is 8.29. The van der Waals surface area contributed by atoms with Gasteiger partial charge in [0.1, 0.15) is 0 Å². The lowest BCUT2D eigenvalue weighted by molar-refractivity contribution is 0.886. The molecule has 0 saturated heterocycles. The first-order valence-corrected chi connectivity index (χ1v) is 11.5. The van der Waals surface area contributed by atoms with E-state index >= 15 is 0 Å². The molecule has 0 atom stereocenters. The van der Waals surface area contributed by atoms with Crippen molar-refractivity contribution in [3.05, 3.63) is 65.2 Å². The molecule has 29 heavy (non-hydrogen) atoms. The molecule has 0 saturated carbocycles. The van der Waals surface area contributed by atoms with Crippen molar-refractivity contribution in [3.63, 3.8) is 0 Å². The second-order valence-electron chi connectivity index (χ2n) is 6.47. The van der Waals surface area contributed by atoms with Gasteiger partial charge in [0, 0.05) is 0 Å². The van der Waals surface area contributed by atoms with Crippen LogP contribution in [0.4, 0.5) is 0 Å². The van der Waals surface area contributed by atoms with Gasteiger partial charge in [-0.2, -0.15) is 0 Å². The second-order valence-corrected chi connectivity index (χ2v) is 6.47. The van der Waals surface area contributed by atoms with E-state index in [0.29, 0.717) is 0 Å². The molecule has 0 unspecified atom stereocenters. The maximum absolute atomic E-state index is 2.22. The van der Waals surface area contributed by atoms with E-state index in [1.165, 1.54) is 59.1 Å². The van der Waals surface area contributed by atoms with Gasteiger partial charge in [-0.1, -0.05) is 143 Å². The summed E-state index contributed by atoms with van der Waals surface area (Å²) in [5.74, 6) is 0. The fourth-order valence-electron chi connectivity index (χ4n) is 2.56. The minimum atomic E-state index is 0. The molecule has 2 aromatic carbocycles. The lowest BCUT2D eigenvalue weighted by Crippen LogP contribution is -1.83. The molecule has 166 valence electrons. The van der Waals surface area contributed by atoms with Gasteiger partial charge in [-0.05, 0) is 41.7 Å². The van der Waals surface area contributed by atoms with Crippen LogP contribution < -0.4 is 0 Å². The van der Waals surface area contributed by atoms with Crippen LogP contribution in [0.2, 0.25) is 0 Å². The van der Waals surface area contributed by atoms with Crippen LogP contribution in [-0.4, -0.2) is 0 Å². The first-order chi connectivity index (χ1) is 13.6. The molecule has 1 aliphatic rings. The highest BCUT2D eigenvalue weighted by Gasteiger charge is 2.22. The van der Waals surface area contributed by atoms with Crippen LogP contribution in [0.15, 0.2) is 54.1 Å². The van der Waals surface area contributed by atoms with Gasteiger partial charge in [0.2, 0.25) is 0 Å². The Morgan fingerprint density at radius 2 is 0.759 bits per heavy atom. The van der Waals surface area contributed by atoms with Crippen LogP contribution in [-0.2, 0) is 0 Å². The van der Waals surface area contributed by atoms with Crippen molar-refractivity contribution in [1.29, 1.82) is 0 Å². The van der Waals surface area contributed by atoms with E-state index in [1.54, 1.807) is 0 Å². The second kappa shape index (κ2) is 20.9. The Balaban J connectivity index is -0.000000442. The molecule has 0 aliphatic heterocycles. The Bertz CT molecular complexity index is 587. The quantitative estimate of drug-likeness (QED) is 0.402. The van der Waals surface area contributed by atoms with Gasteiger partial charge in [0.05, 0.1) is 0 Å². The van der Waals surface area contributed by atoms with Crippen molar-refractivity contribution in [2.75, 3.05) is 0 Å². The zero-order valence-electron chi connectivity index (χ0n) is 20.4. The summed E-state index contributed by atoms with van der Waals surface area (Å²) < 4.78 is 0. The number of rotatable bonds is 2. The normalized spacial score (nSPS) is 9.24. The summed E-state index contributed by atoms with van der Waals surface area (Å²) in [6, 6.07) is 17.3. The van der Waals surface area contributed by atoms with Crippen molar-refractivity contribution in [2.45, 2.75) is 102 Å². The van der Waals surface area contributed by atoms with E-state index in [0.717, 1.165) is 0 Å². The van der Waals surface area contributed by atoms with E-state index in [9.17, 15) is 0 Å². The topological polar surface area (TPSA) is 0 Å². The van der Waals surface area contributed by atoms with Crippen LogP contribution in [0.3, 0.4) is 0 Å². The summed E-state index contributed by atoms with van der Waals surface area (Å²) in [5, 5.41) is 0. The Kier molecular flexibility index (Phi) is 23.0. The molecule has 2 aromatic rings. The molecule has 0 heteroatoms. The number of hydrogen-bond acceptors (Lipinski definition) is 0. The summed E-state index contributed by atoms with van der Waals surface area (Å²) in [4.78, 5) is 0. The van der Waals surface area contributed by atoms with E-state index in [2.05, 4.69) is 90.1 Å². The van der Waals surface area contributed by atoms with Gasteiger partial charge in [0.25, 0.3) is 0 Å². The average Bonchev–Trinajstić information content (AvgIpc) is 3.11. The maximum atomic E-state index is 2.22. The van der Waals surface area contributed by atoms with Crippen molar-refractivity contribution in [1.82, 2.24) is 0 Å². The van der Waals surface area contributed by atoms with Crippen molar-refractivity contribution in [3.8, 4) is 11.1 Å². The van der Waals surface area contributed by atoms with E-state index < -0.39 is 0 Å². The first-order valence-electron chi connectivity index (χ1n) is 11.5. The van der Waals surface area contributed by atoms with Crippen molar-refractivity contribution < 1.29 is 0 Å². The average molecular weight is 399 g/mol. The highest BCUT2D eigenvalue weighted by Crippen LogP contribution is 2.45. The Morgan fingerprint density at radius 3 is 0.966 bits per heavy atom. The predicted molar refractivity (Wildman–Crippen MR) is 140 cm³/mol. The molecule has 0 spiro atoms. The number of unbranched alkanes of at least 4 members (excludes halogenated alkanes) is 2. The minimum absolute atomic E-state index is 0. The predicted octanol–water partition coefficient (Wildman–Crippen LogP) is 10.8. The fraction of sp³-hybridized carbons (Fsp3) is 0.517. The Morgan fingerprint density at radius 1 is 0.517 bits per heavy atom. The standard InChI is InChI=1S/C16H14.2C4H10.2C2H6.CH4/c1-11(2)16-14-9-5-3-7-12(14)13-8-4-6-10-15(13)16;2*1-3-4-2;2*1-2;/h3-10H,1-2H3;2*3-4H2,1-2H3;2*1-2H3;1H4. The van der Waals surface area contributed by atoms with Crippen molar-refractivity contribution in [2.24, 2.45) is 0 Å². The summed E-state index contributed by atoms with van der Waals surface area (Å²) in [6.07, 6.45) is 5.28. The molecule has 0 radical (unpaired) electrons. The van der Waals surface area contributed by atoms with Crippen LogP contribution >= 0.6 is 0 Å². The highest BCUT2D eigenvalue weighted by molar-refractivity contribution is 6.01. The van der Waals surface area contributed by atoms with E-state index in [4.69, 9.17) is 0 Å². The molecular formula is C29H50. The van der Waals surface area contributed by atoms with Gasteiger partial charge < -0.3 is 0 Å². The third kappa shape index (κ3) is 10.5. The molecule has 3 rings (SSSR count). The summed E-state index contributed by atoms with van der Waals surface area (Å²) >= 11 is 0. The van der Waals surface area contributed by atoms with Gasteiger partial charge in [-0.15, -0.1) is 0 Å². The molecular weight excluding hydrogens is 348 g/mol. The van der Waals surface area contributed by atoms with Gasteiger partial charge >= 0.3 is 0 Å². The minimum Gasteiger partial charge on any atom is -0.0776 e. The lowest BCUT2D eigenvalue weighted by Gasteiger charge is -2.04. The largest absolute Gasteiger partial charge is 0.0776 e. The molecule has 0 N–H and O–H groups in total. The molecule has 1 aliphatic carbocycles. The monoisotopic (exact) mass is 398 g/mol. The number of allylic oxidation sites excluding steroid dienone is 1.